The smallest absolute Gasteiger partial charge is 0.410 e. The second-order valence-corrected chi connectivity index (χ2v) is 18.2. The summed E-state index contributed by atoms with van der Waals surface area (Å²) in [5, 5.41) is 23.9. The molecule has 15 nitrogen and oxygen atoms in total. The van der Waals surface area contributed by atoms with E-state index in [1.54, 1.807) is 59.2 Å². The van der Waals surface area contributed by atoms with Crippen molar-refractivity contribution in [1.82, 2.24) is 19.8 Å². The van der Waals surface area contributed by atoms with Gasteiger partial charge in [0.05, 0.1) is 29.1 Å². The van der Waals surface area contributed by atoms with E-state index in [1.807, 2.05) is 65.8 Å². The Hall–Kier alpha value is -6.64. The number of pyridine rings is 2. The number of hydrogen-bond acceptors (Lipinski definition) is 13. The topological polar surface area (TPSA) is 207 Å². The molecule has 0 saturated carbocycles. The first-order valence-corrected chi connectivity index (χ1v) is 21.8. The lowest BCUT2D eigenvalue weighted by molar-refractivity contribution is -0.138. The van der Waals surface area contributed by atoms with E-state index in [4.69, 9.17) is 24.9 Å². The molecule has 0 bridgehead atoms. The third-order valence-corrected chi connectivity index (χ3v) is 11.0. The lowest BCUT2D eigenvalue weighted by atomic mass is 9.85. The highest BCUT2D eigenvalue weighted by atomic mass is 16.6. The van der Waals surface area contributed by atoms with Crippen molar-refractivity contribution in [3.05, 3.63) is 88.5 Å². The van der Waals surface area contributed by atoms with Crippen molar-refractivity contribution < 1.29 is 43.6 Å². The standard InChI is InChI=1S/C27H33N3O5.C22H27N3O4/c1-5-34-25(32)18-13-21-20(17-9-8-12-30(16-17)26(33)35-27(2,3)4)14-22(29-24(21)28-15-18)19-10-6-7-11-23(19)31;1-22(2,3)29-21(28)25-10-6-7-14(12-25)16-11-18(24-20(23)17(16)13-26)15-8-4-5-9-19(15)27/h6-7,10-11,13-14,17,31H,5,8-9,12,15-16H2,1-4H3,(H,28,29);4-5,8-9,11,13-14,27H,6-7,10,12H2,1-3H3,(H2,23,24). The Morgan fingerprint density at radius 1 is 0.797 bits per heavy atom. The van der Waals surface area contributed by atoms with Gasteiger partial charge in [-0.2, -0.15) is 0 Å². The first kappa shape index (κ1) is 46.9. The van der Waals surface area contributed by atoms with Gasteiger partial charge in [0.25, 0.3) is 0 Å². The van der Waals surface area contributed by atoms with Gasteiger partial charge in [-0.1, -0.05) is 24.3 Å². The summed E-state index contributed by atoms with van der Waals surface area (Å²) in [4.78, 5) is 62.0. The predicted octanol–water partition coefficient (Wildman–Crippen LogP) is 8.90. The number of esters is 1. The highest BCUT2D eigenvalue weighted by Gasteiger charge is 2.33. The number of piperidine rings is 2. The van der Waals surface area contributed by atoms with Crippen molar-refractivity contribution in [2.24, 2.45) is 0 Å². The van der Waals surface area contributed by atoms with E-state index >= 15 is 0 Å². The predicted molar refractivity (Wildman–Crippen MR) is 245 cm³/mol. The number of rotatable bonds is 7. The van der Waals surface area contributed by atoms with Gasteiger partial charge in [0.1, 0.15) is 34.3 Å². The lowest BCUT2D eigenvalue weighted by Crippen LogP contribution is -2.42. The van der Waals surface area contributed by atoms with Crippen LogP contribution in [0.1, 0.15) is 113 Å². The van der Waals surface area contributed by atoms with E-state index < -0.39 is 11.2 Å². The minimum atomic E-state index is -0.572. The monoisotopic (exact) mass is 876 g/mol. The number of nitrogens with one attached hydrogen (secondary N) is 1. The molecule has 3 aliphatic rings. The van der Waals surface area contributed by atoms with Crippen LogP contribution in [0.4, 0.5) is 21.2 Å². The highest BCUT2D eigenvalue weighted by Crippen LogP contribution is 2.40. The maximum absolute atomic E-state index is 12.8. The van der Waals surface area contributed by atoms with Gasteiger partial charge in [-0.3, -0.25) is 4.79 Å². The molecule has 5 heterocycles. The zero-order valence-electron chi connectivity index (χ0n) is 37.8. The number of hydrogen-bond donors (Lipinski definition) is 4. The molecule has 0 aliphatic carbocycles. The van der Waals surface area contributed by atoms with Gasteiger partial charge in [-0.25, -0.2) is 24.4 Å². The number of ether oxygens (including phenoxy) is 3. The molecule has 2 amide bonds. The number of nitrogen functional groups attached to an aromatic ring is 1. The van der Waals surface area contributed by atoms with Crippen LogP contribution in [0.2, 0.25) is 0 Å². The van der Waals surface area contributed by atoms with Crippen LogP contribution in [-0.4, -0.2) is 105 Å². The summed E-state index contributed by atoms with van der Waals surface area (Å²) in [6.45, 7) is 15.6. The van der Waals surface area contributed by atoms with Gasteiger partial charge in [-0.05, 0) is 128 Å². The SMILES string of the molecule is CC(C)(C)OC(=O)N1CCCC(c2cc(-c3ccccc3O)nc(N)c2C=O)C1.CCOC(=O)C1=Cc2c(C3CCCN(C(=O)OC(C)(C)C)C3)cc(-c3ccccc3O)nc2NC1. The molecule has 340 valence electrons. The Labute approximate surface area is 374 Å². The number of anilines is 2. The number of nitrogens with zero attached hydrogens (tertiary/aromatic N) is 4. The molecule has 2 unspecified atom stereocenters. The van der Waals surface area contributed by atoms with Gasteiger partial charge in [0, 0.05) is 61.2 Å². The maximum Gasteiger partial charge on any atom is 0.410 e. The summed E-state index contributed by atoms with van der Waals surface area (Å²) >= 11 is 0. The van der Waals surface area contributed by atoms with Gasteiger partial charge >= 0.3 is 18.2 Å². The van der Waals surface area contributed by atoms with Crippen LogP contribution in [0.3, 0.4) is 0 Å². The van der Waals surface area contributed by atoms with Crippen molar-refractivity contribution in [2.75, 3.05) is 50.4 Å². The zero-order valence-corrected chi connectivity index (χ0v) is 37.8. The molecule has 2 atom stereocenters. The fourth-order valence-electron chi connectivity index (χ4n) is 8.12. The van der Waals surface area contributed by atoms with Gasteiger partial charge < -0.3 is 45.3 Å². The third-order valence-electron chi connectivity index (χ3n) is 11.0. The van der Waals surface area contributed by atoms with E-state index in [-0.39, 0.29) is 47.3 Å². The number of phenolic OH excluding ortho intramolecular Hbond substituents is 2. The van der Waals surface area contributed by atoms with E-state index in [1.165, 1.54) is 0 Å². The second-order valence-electron chi connectivity index (χ2n) is 18.2. The number of aldehydes is 1. The molecule has 5 N–H and O–H groups in total. The molecular weight excluding hydrogens is 817 g/mol. The molecule has 2 aromatic heterocycles. The Kier molecular flexibility index (Phi) is 14.5. The summed E-state index contributed by atoms with van der Waals surface area (Å²) in [5.41, 5.74) is 10.6. The number of carbonyl (C=O) groups excluding carboxylic acids is 4. The van der Waals surface area contributed by atoms with Crippen LogP contribution in [-0.2, 0) is 19.0 Å². The van der Waals surface area contributed by atoms with Crippen molar-refractivity contribution in [3.8, 4) is 34.0 Å². The summed E-state index contributed by atoms with van der Waals surface area (Å²) in [6.07, 6.45) is 5.16. The van der Waals surface area contributed by atoms with Gasteiger partial charge in [-0.15, -0.1) is 0 Å². The summed E-state index contributed by atoms with van der Waals surface area (Å²) in [6, 6.07) is 17.7. The molecule has 4 aromatic rings. The number of benzene rings is 2. The van der Waals surface area contributed by atoms with E-state index in [2.05, 4.69) is 10.3 Å². The number of phenols is 2. The first-order valence-electron chi connectivity index (χ1n) is 21.8. The van der Waals surface area contributed by atoms with E-state index in [0.717, 1.165) is 42.4 Å². The molecule has 2 fully saturated rings. The van der Waals surface area contributed by atoms with Crippen molar-refractivity contribution >= 4 is 42.2 Å². The highest BCUT2D eigenvalue weighted by molar-refractivity contribution is 5.97. The number of likely N-dealkylation sites (tertiary alicyclic amines) is 2. The molecule has 2 aromatic carbocycles. The maximum atomic E-state index is 12.8. The van der Waals surface area contributed by atoms with Crippen LogP contribution in [0.25, 0.3) is 28.6 Å². The number of aromatic nitrogens is 2. The third kappa shape index (κ3) is 11.5. The number of nitrogens with two attached hydrogens (primary N) is 1. The van der Waals surface area contributed by atoms with Gasteiger partial charge in [0.2, 0.25) is 0 Å². The van der Waals surface area contributed by atoms with Crippen molar-refractivity contribution in [1.29, 1.82) is 0 Å². The van der Waals surface area contributed by atoms with Crippen LogP contribution in [0.5, 0.6) is 11.5 Å². The molecule has 0 radical (unpaired) electrons. The normalized spacial score (nSPS) is 17.4. The number of aromatic hydroxyl groups is 2. The van der Waals surface area contributed by atoms with Crippen molar-refractivity contribution in [2.45, 2.75) is 97.2 Å². The summed E-state index contributed by atoms with van der Waals surface area (Å²) in [7, 11) is 0. The lowest BCUT2D eigenvalue weighted by Gasteiger charge is -2.35. The van der Waals surface area contributed by atoms with Crippen LogP contribution >= 0.6 is 0 Å². The Balaban J connectivity index is 0.000000216. The van der Waals surface area contributed by atoms with Crippen LogP contribution < -0.4 is 11.1 Å². The second kappa shape index (κ2) is 19.8. The fraction of sp³-hybridized carbons (Fsp3) is 0.429. The molecule has 3 aliphatic heterocycles. The van der Waals surface area contributed by atoms with Gasteiger partial charge in [0.15, 0.2) is 6.29 Å². The quantitative estimate of drug-likeness (QED) is 0.0778. The first-order chi connectivity index (χ1) is 30.3. The summed E-state index contributed by atoms with van der Waals surface area (Å²) in [5.74, 6) is 0.559. The molecule has 15 heteroatoms. The van der Waals surface area contributed by atoms with Crippen LogP contribution in [0.15, 0.2) is 66.2 Å². The molecule has 7 rings (SSSR count). The molecule has 0 spiro atoms. The minimum absolute atomic E-state index is 0.0113. The minimum Gasteiger partial charge on any atom is -0.507 e. The number of carbonyl (C=O) groups is 4. The summed E-state index contributed by atoms with van der Waals surface area (Å²) < 4.78 is 16.3. The average Bonchev–Trinajstić information content (AvgIpc) is 3.25. The van der Waals surface area contributed by atoms with Crippen LogP contribution in [0, 0.1) is 0 Å². The molecule has 64 heavy (non-hydrogen) atoms. The largest absolute Gasteiger partial charge is 0.507 e. The Morgan fingerprint density at radius 3 is 1.80 bits per heavy atom. The fourth-order valence-corrected chi connectivity index (χ4v) is 8.12. The Bertz CT molecular complexity index is 2400. The molecular formula is C49H60N6O9. The number of fused-ring (bicyclic) bond motifs is 1. The van der Waals surface area contributed by atoms with E-state index in [9.17, 15) is 29.4 Å². The van der Waals surface area contributed by atoms with E-state index in [0.29, 0.717) is 85.1 Å². The molecule has 2 saturated heterocycles. The Morgan fingerprint density at radius 2 is 1.30 bits per heavy atom. The number of para-hydroxylation sites is 2. The zero-order chi connectivity index (χ0) is 46.3. The number of amides is 2. The average molecular weight is 877 g/mol. The van der Waals surface area contributed by atoms with Crippen molar-refractivity contribution in [3.63, 3.8) is 0 Å².